The predicted octanol–water partition coefficient (Wildman–Crippen LogP) is 2.61. The molecule has 114 valence electrons. The van der Waals surface area contributed by atoms with Gasteiger partial charge in [-0.3, -0.25) is 4.68 Å². The molecule has 2 aromatic rings. The number of fused-ring (bicyclic) bond motifs is 1. The Bertz CT molecular complexity index is 591. The lowest BCUT2D eigenvalue weighted by atomic mass is 9.90. The second-order valence-electron chi connectivity index (χ2n) is 5.77. The molecular weight excluding hydrogens is 262 g/mol. The van der Waals surface area contributed by atoms with Crippen LogP contribution in [0.2, 0.25) is 0 Å². The van der Waals surface area contributed by atoms with Gasteiger partial charge in [0.2, 0.25) is 0 Å². The van der Waals surface area contributed by atoms with E-state index >= 15 is 0 Å². The fourth-order valence-corrected chi connectivity index (χ4v) is 3.37. The number of nitrogens with one attached hydrogen (secondary N) is 1. The van der Waals surface area contributed by atoms with E-state index in [1.54, 1.807) is 0 Å². The molecule has 0 spiro atoms. The average molecular weight is 287 g/mol. The molecule has 1 aliphatic heterocycles. The number of benzene rings is 1. The molecule has 21 heavy (non-hydrogen) atoms. The summed E-state index contributed by atoms with van der Waals surface area (Å²) in [6.07, 6.45) is 2.09. The first-order chi connectivity index (χ1) is 10.3. The van der Waals surface area contributed by atoms with Gasteiger partial charge in [0.05, 0.1) is 17.8 Å². The number of aromatic nitrogens is 2. The van der Waals surface area contributed by atoms with Gasteiger partial charge in [0.25, 0.3) is 0 Å². The van der Waals surface area contributed by atoms with Crippen molar-refractivity contribution in [1.82, 2.24) is 15.1 Å². The molecule has 4 nitrogen and oxygen atoms in total. The third kappa shape index (κ3) is 2.97. The van der Waals surface area contributed by atoms with Crippen LogP contribution in [0.1, 0.15) is 26.0 Å². The summed E-state index contributed by atoms with van der Waals surface area (Å²) in [5.74, 6) is 0.516. The van der Waals surface area contributed by atoms with E-state index in [4.69, 9.17) is 9.84 Å². The highest BCUT2D eigenvalue weighted by Crippen LogP contribution is 2.25. The Labute approximate surface area is 126 Å². The minimum Gasteiger partial charge on any atom is -0.381 e. The van der Waals surface area contributed by atoms with Gasteiger partial charge in [-0.05, 0) is 32.4 Å². The molecule has 2 atom stereocenters. The Morgan fingerprint density at radius 2 is 2.19 bits per heavy atom. The standard InChI is InChI=1S/C17H25N3O/c1-3-18-15-9-10-21-12-13(15)11-16-14-7-5-6-8-17(14)20(4-2)19-16/h5-8,13,15,18H,3-4,9-12H2,1-2H3. The van der Waals surface area contributed by atoms with E-state index in [2.05, 4.69) is 48.1 Å². The van der Waals surface area contributed by atoms with Crippen molar-refractivity contribution >= 4 is 10.9 Å². The van der Waals surface area contributed by atoms with Crippen molar-refractivity contribution in [2.24, 2.45) is 5.92 Å². The van der Waals surface area contributed by atoms with E-state index in [9.17, 15) is 0 Å². The molecule has 0 radical (unpaired) electrons. The van der Waals surface area contributed by atoms with Crippen molar-refractivity contribution in [2.75, 3.05) is 19.8 Å². The van der Waals surface area contributed by atoms with Crippen LogP contribution in [0, 0.1) is 5.92 Å². The van der Waals surface area contributed by atoms with Gasteiger partial charge >= 0.3 is 0 Å². The SMILES string of the molecule is CCNC1CCOCC1Cc1nn(CC)c2ccccc12. The maximum Gasteiger partial charge on any atom is 0.0707 e. The first-order valence-electron chi connectivity index (χ1n) is 8.09. The van der Waals surface area contributed by atoms with E-state index in [0.29, 0.717) is 12.0 Å². The molecular formula is C17H25N3O. The van der Waals surface area contributed by atoms with E-state index in [0.717, 1.165) is 39.1 Å². The highest BCUT2D eigenvalue weighted by atomic mass is 16.5. The summed E-state index contributed by atoms with van der Waals surface area (Å²) in [5.41, 5.74) is 2.46. The van der Waals surface area contributed by atoms with E-state index < -0.39 is 0 Å². The molecule has 0 bridgehead atoms. The van der Waals surface area contributed by atoms with Gasteiger partial charge in [-0.25, -0.2) is 0 Å². The molecule has 4 heteroatoms. The monoisotopic (exact) mass is 287 g/mol. The summed E-state index contributed by atoms with van der Waals surface area (Å²) in [6, 6.07) is 9.09. The number of rotatable bonds is 5. The zero-order chi connectivity index (χ0) is 14.7. The number of nitrogens with zero attached hydrogens (tertiary/aromatic N) is 2. The summed E-state index contributed by atoms with van der Waals surface area (Å²) < 4.78 is 7.81. The normalized spacial score (nSPS) is 22.8. The van der Waals surface area contributed by atoms with Gasteiger partial charge in [-0.1, -0.05) is 25.1 Å². The second-order valence-corrected chi connectivity index (χ2v) is 5.77. The van der Waals surface area contributed by atoms with Crippen LogP contribution in [0.5, 0.6) is 0 Å². The van der Waals surface area contributed by atoms with Gasteiger partial charge < -0.3 is 10.1 Å². The van der Waals surface area contributed by atoms with Gasteiger partial charge in [0, 0.05) is 30.5 Å². The second kappa shape index (κ2) is 6.58. The third-order valence-electron chi connectivity index (χ3n) is 4.43. The first kappa shape index (κ1) is 14.5. The lowest BCUT2D eigenvalue weighted by Gasteiger charge is -2.31. The third-order valence-corrected chi connectivity index (χ3v) is 4.43. The summed E-state index contributed by atoms with van der Waals surface area (Å²) >= 11 is 0. The number of ether oxygens (including phenoxy) is 1. The Hall–Kier alpha value is -1.39. The van der Waals surface area contributed by atoms with Gasteiger partial charge in [0.1, 0.15) is 0 Å². The first-order valence-corrected chi connectivity index (χ1v) is 8.09. The van der Waals surface area contributed by atoms with Crippen molar-refractivity contribution in [2.45, 2.75) is 39.3 Å². The number of hydrogen-bond acceptors (Lipinski definition) is 3. The smallest absolute Gasteiger partial charge is 0.0707 e. The summed E-state index contributed by atoms with van der Waals surface area (Å²) in [4.78, 5) is 0. The molecule has 1 saturated heterocycles. The molecule has 1 fully saturated rings. The Balaban J connectivity index is 1.86. The van der Waals surface area contributed by atoms with Crippen LogP contribution in [0.3, 0.4) is 0 Å². The van der Waals surface area contributed by atoms with Crippen LogP contribution in [0.15, 0.2) is 24.3 Å². The van der Waals surface area contributed by atoms with E-state index in [-0.39, 0.29) is 0 Å². The molecule has 1 aromatic heterocycles. The molecule has 0 saturated carbocycles. The summed E-state index contributed by atoms with van der Waals surface area (Å²) in [7, 11) is 0. The fraction of sp³-hybridized carbons (Fsp3) is 0.588. The van der Waals surface area contributed by atoms with Crippen LogP contribution < -0.4 is 5.32 Å². The van der Waals surface area contributed by atoms with Crippen molar-refractivity contribution in [3.63, 3.8) is 0 Å². The maximum absolute atomic E-state index is 5.70. The molecule has 0 amide bonds. The van der Waals surface area contributed by atoms with Crippen LogP contribution in [-0.2, 0) is 17.7 Å². The number of hydrogen-bond donors (Lipinski definition) is 1. The Kier molecular flexibility index (Phi) is 4.56. The van der Waals surface area contributed by atoms with Crippen molar-refractivity contribution < 1.29 is 4.74 Å². The van der Waals surface area contributed by atoms with Crippen LogP contribution in [0.25, 0.3) is 10.9 Å². The quantitative estimate of drug-likeness (QED) is 0.919. The fourth-order valence-electron chi connectivity index (χ4n) is 3.37. The minimum absolute atomic E-state index is 0.516. The molecule has 1 aliphatic rings. The lowest BCUT2D eigenvalue weighted by Crippen LogP contribution is -2.43. The van der Waals surface area contributed by atoms with Crippen molar-refractivity contribution in [1.29, 1.82) is 0 Å². The lowest BCUT2D eigenvalue weighted by molar-refractivity contribution is 0.0324. The predicted molar refractivity (Wildman–Crippen MR) is 85.5 cm³/mol. The zero-order valence-corrected chi connectivity index (χ0v) is 13.0. The largest absolute Gasteiger partial charge is 0.381 e. The Morgan fingerprint density at radius 3 is 3.00 bits per heavy atom. The summed E-state index contributed by atoms with van der Waals surface area (Å²) in [5, 5.41) is 9.73. The highest BCUT2D eigenvalue weighted by molar-refractivity contribution is 5.81. The molecule has 2 unspecified atom stereocenters. The van der Waals surface area contributed by atoms with Gasteiger partial charge in [0.15, 0.2) is 0 Å². The van der Waals surface area contributed by atoms with Gasteiger partial charge in [-0.2, -0.15) is 5.10 Å². The van der Waals surface area contributed by atoms with Crippen LogP contribution in [-0.4, -0.2) is 35.6 Å². The molecule has 0 aliphatic carbocycles. The van der Waals surface area contributed by atoms with Crippen LogP contribution in [0.4, 0.5) is 0 Å². The average Bonchev–Trinajstić information content (AvgIpc) is 2.88. The van der Waals surface area contributed by atoms with Crippen molar-refractivity contribution in [3.8, 4) is 0 Å². The topological polar surface area (TPSA) is 39.1 Å². The Morgan fingerprint density at radius 1 is 1.33 bits per heavy atom. The van der Waals surface area contributed by atoms with Crippen molar-refractivity contribution in [3.05, 3.63) is 30.0 Å². The maximum atomic E-state index is 5.70. The minimum atomic E-state index is 0.516. The highest BCUT2D eigenvalue weighted by Gasteiger charge is 2.26. The molecule has 3 rings (SSSR count). The number of aryl methyl sites for hydroxylation is 1. The van der Waals surface area contributed by atoms with E-state index in [1.807, 2.05) is 0 Å². The number of para-hydroxylation sites is 1. The van der Waals surface area contributed by atoms with Crippen LogP contribution >= 0.6 is 0 Å². The molecule has 2 heterocycles. The summed E-state index contributed by atoms with van der Waals surface area (Å²) in [6.45, 7) is 7.97. The van der Waals surface area contributed by atoms with Gasteiger partial charge in [-0.15, -0.1) is 0 Å². The molecule has 1 N–H and O–H groups in total. The zero-order valence-electron chi connectivity index (χ0n) is 13.0. The molecule has 1 aromatic carbocycles. The van der Waals surface area contributed by atoms with E-state index in [1.165, 1.54) is 16.6 Å².